The molecule has 88 valence electrons. The van der Waals surface area contributed by atoms with E-state index in [2.05, 4.69) is 0 Å². The Balaban J connectivity index is 3.92. The molecule has 0 saturated heterocycles. The van der Waals surface area contributed by atoms with Crippen LogP contribution in [0, 0.1) is 0 Å². The first-order valence-electron chi connectivity index (χ1n) is 5.12. The highest BCUT2D eigenvalue weighted by Crippen LogP contribution is 2.08. The number of hydrogen-bond donors (Lipinski definition) is 2. The summed E-state index contributed by atoms with van der Waals surface area (Å²) < 4.78 is 4.97. The first-order chi connectivity index (χ1) is 7.10. The molecule has 0 aliphatic rings. The van der Waals surface area contributed by atoms with E-state index in [4.69, 9.17) is 14.9 Å². The molecule has 1 atom stereocenters. The van der Waals surface area contributed by atoms with Crippen molar-refractivity contribution in [1.82, 2.24) is 0 Å². The van der Waals surface area contributed by atoms with Crippen LogP contribution in [-0.4, -0.2) is 34.9 Å². The maximum atomic E-state index is 11.1. The van der Waals surface area contributed by atoms with E-state index >= 15 is 0 Å². The summed E-state index contributed by atoms with van der Waals surface area (Å²) in [7, 11) is 0. The van der Waals surface area contributed by atoms with Crippen molar-refractivity contribution in [3.63, 3.8) is 0 Å². The Labute approximate surface area is 89.0 Å². The van der Waals surface area contributed by atoms with Gasteiger partial charge < -0.3 is 14.9 Å². The molecule has 0 radical (unpaired) electrons. The van der Waals surface area contributed by atoms with Gasteiger partial charge in [-0.05, 0) is 12.8 Å². The fraction of sp³-hybridized carbons (Fsp3) is 0.800. The van der Waals surface area contributed by atoms with Gasteiger partial charge in [0.25, 0.3) is 0 Å². The Kier molecular flexibility index (Phi) is 7.62. The van der Waals surface area contributed by atoms with Crippen molar-refractivity contribution in [3.8, 4) is 0 Å². The van der Waals surface area contributed by atoms with Crippen molar-refractivity contribution in [2.75, 3.05) is 6.61 Å². The lowest BCUT2D eigenvalue weighted by Gasteiger charge is -2.14. The zero-order chi connectivity index (χ0) is 11.7. The molecule has 15 heavy (non-hydrogen) atoms. The van der Waals surface area contributed by atoms with Gasteiger partial charge in [0, 0.05) is 13.0 Å². The molecule has 0 amide bonds. The molecule has 0 aliphatic carbocycles. The first kappa shape index (κ1) is 13.9. The monoisotopic (exact) mass is 218 g/mol. The molecule has 0 aromatic heterocycles. The number of carbonyl (C=O) groups excluding carboxylic acids is 1. The average molecular weight is 218 g/mol. The SMILES string of the molecule is CCCC(CC(=O)O)OC(=O)CCCO. The zero-order valence-electron chi connectivity index (χ0n) is 8.94. The minimum atomic E-state index is -0.969. The van der Waals surface area contributed by atoms with E-state index in [1.54, 1.807) is 0 Å². The van der Waals surface area contributed by atoms with Crippen LogP contribution < -0.4 is 0 Å². The van der Waals surface area contributed by atoms with Gasteiger partial charge in [-0.15, -0.1) is 0 Å². The number of esters is 1. The summed E-state index contributed by atoms with van der Waals surface area (Å²) in [5, 5.41) is 17.1. The van der Waals surface area contributed by atoms with E-state index in [1.807, 2.05) is 6.92 Å². The number of carbonyl (C=O) groups is 2. The van der Waals surface area contributed by atoms with Crippen LogP contribution in [0.2, 0.25) is 0 Å². The van der Waals surface area contributed by atoms with Gasteiger partial charge in [-0.3, -0.25) is 9.59 Å². The van der Waals surface area contributed by atoms with Gasteiger partial charge in [0.05, 0.1) is 6.42 Å². The van der Waals surface area contributed by atoms with E-state index in [-0.39, 0.29) is 19.4 Å². The van der Waals surface area contributed by atoms with Crippen molar-refractivity contribution in [1.29, 1.82) is 0 Å². The molecule has 0 heterocycles. The quantitative estimate of drug-likeness (QED) is 0.592. The van der Waals surface area contributed by atoms with Crippen molar-refractivity contribution in [2.24, 2.45) is 0 Å². The van der Waals surface area contributed by atoms with Crippen LogP contribution in [0.1, 0.15) is 39.0 Å². The van der Waals surface area contributed by atoms with E-state index in [0.29, 0.717) is 12.8 Å². The van der Waals surface area contributed by atoms with Crippen LogP contribution in [0.15, 0.2) is 0 Å². The fourth-order valence-electron chi connectivity index (χ4n) is 1.19. The normalized spacial score (nSPS) is 12.1. The van der Waals surface area contributed by atoms with E-state index in [0.717, 1.165) is 6.42 Å². The maximum Gasteiger partial charge on any atom is 0.307 e. The molecule has 0 aromatic rings. The molecule has 0 spiro atoms. The highest BCUT2D eigenvalue weighted by Gasteiger charge is 2.16. The molecule has 0 rings (SSSR count). The lowest BCUT2D eigenvalue weighted by atomic mass is 10.1. The van der Waals surface area contributed by atoms with Crippen molar-refractivity contribution < 1.29 is 24.5 Å². The number of carboxylic acid groups (broad SMARTS) is 1. The summed E-state index contributed by atoms with van der Waals surface area (Å²) in [6, 6.07) is 0. The first-order valence-corrected chi connectivity index (χ1v) is 5.12. The second-order valence-electron chi connectivity index (χ2n) is 3.33. The second-order valence-corrected chi connectivity index (χ2v) is 3.33. The van der Waals surface area contributed by atoms with Crippen LogP contribution in [0.3, 0.4) is 0 Å². The number of rotatable bonds is 8. The van der Waals surface area contributed by atoms with Gasteiger partial charge in [0.2, 0.25) is 0 Å². The van der Waals surface area contributed by atoms with Gasteiger partial charge >= 0.3 is 11.9 Å². The van der Waals surface area contributed by atoms with Gasteiger partial charge in [0.15, 0.2) is 0 Å². The zero-order valence-corrected chi connectivity index (χ0v) is 8.94. The molecule has 0 bridgehead atoms. The maximum absolute atomic E-state index is 11.1. The van der Waals surface area contributed by atoms with Crippen LogP contribution in [0.4, 0.5) is 0 Å². The smallest absolute Gasteiger partial charge is 0.307 e. The average Bonchev–Trinajstić information content (AvgIpc) is 2.14. The van der Waals surface area contributed by atoms with Crippen LogP contribution in [0.25, 0.3) is 0 Å². The summed E-state index contributed by atoms with van der Waals surface area (Å²) in [6.45, 7) is 1.84. The molecule has 0 aliphatic heterocycles. The molecule has 0 saturated carbocycles. The minimum Gasteiger partial charge on any atom is -0.481 e. The molecular weight excluding hydrogens is 200 g/mol. The molecule has 2 N–H and O–H groups in total. The highest BCUT2D eigenvalue weighted by molar-refractivity contribution is 5.71. The number of hydrogen-bond acceptors (Lipinski definition) is 4. The number of ether oxygens (including phenoxy) is 1. The van der Waals surface area contributed by atoms with Crippen molar-refractivity contribution in [2.45, 2.75) is 45.1 Å². The van der Waals surface area contributed by atoms with E-state index in [1.165, 1.54) is 0 Å². The molecule has 0 aromatic carbocycles. The van der Waals surface area contributed by atoms with Gasteiger partial charge in [-0.1, -0.05) is 13.3 Å². The summed E-state index contributed by atoms with van der Waals surface area (Å²) in [5.41, 5.74) is 0. The largest absolute Gasteiger partial charge is 0.481 e. The molecule has 0 fully saturated rings. The number of aliphatic hydroxyl groups excluding tert-OH is 1. The predicted molar refractivity (Wildman–Crippen MR) is 53.4 cm³/mol. The Bertz CT molecular complexity index is 202. The summed E-state index contributed by atoms with van der Waals surface area (Å²) in [4.78, 5) is 21.6. The second kappa shape index (κ2) is 8.23. The Hall–Kier alpha value is -1.10. The summed E-state index contributed by atoms with van der Waals surface area (Å²) >= 11 is 0. The van der Waals surface area contributed by atoms with Crippen LogP contribution in [0.5, 0.6) is 0 Å². The Morgan fingerprint density at radius 3 is 2.53 bits per heavy atom. The standard InChI is InChI=1S/C10H18O5/c1-2-4-8(7-9(12)13)15-10(14)5-3-6-11/h8,11H,2-7H2,1H3,(H,12,13). The van der Waals surface area contributed by atoms with E-state index < -0.39 is 18.0 Å². The topological polar surface area (TPSA) is 83.8 Å². The highest BCUT2D eigenvalue weighted by atomic mass is 16.5. The fourth-order valence-corrected chi connectivity index (χ4v) is 1.19. The summed E-state index contributed by atoms with van der Waals surface area (Å²) in [6.07, 6.45) is 1.11. The number of aliphatic carboxylic acids is 1. The molecule has 1 unspecified atom stereocenters. The Morgan fingerprint density at radius 1 is 1.40 bits per heavy atom. The predicted octanol–water partition coefficient (Wildman–Crippen LogP) is 0.946. The number of aliphatic hydroxyl groups is 1. The van der Waals surface area contributed by atoms with Crippen LogP contribution in [-0.2, 0) is 14.3 Å². The van der Waals surface area contributed by atoms with Crippen molar-refractivity contribution >= 4 is 11.9 Å². The van der Waals surface area contributed by atoms with Gasteiger partial charge in [-0.25, -0.2) is 0 Å². The third-order valence-electron chi connectivity index (χ3n) is 1.85. The van der Waals surface area contributed by atoms with Crippen LogP contribution >= 0.6 is 0 Å². The lowest BCUT2D eigenvalue weighted by Crippen LogP contribution is -2.21. The molecule has 5 nitrogen and oxygen atoms in total. The summed E-state index contributed by atoms with van der Waals surface area (Å²) in [5.74, 6) is -1.41. The lowest BCUT2D eigenvalue weighted by molar-refractivity contribution is -0.153. The Morgan fingerprint density at radius 2 is 2.07 bits per heavy atom. The molecule has 5 heteroatoms. The van der Waals surface area contributed by atoms with Crippen molar-refractivity contribution in [3.05, 3.63) is 0 Å². The minimum absolute atomic E-state index is 0.0630. The third kappa shape index (κ3) is 7.93. The third-order valence-corrected chi connectivity index (χ3v) is 1.85. The van der Waals surface area contributed by atoms with E-state index in [9.17, 15) is 9.59 Å². The van der Waals surface area contributed by atoms with Gasteiger partial charge in [-0.2, -0.15) is 0 Å². The molecular formula is C10H18O5. The number of carboxylic acids is 1. The van der Waals surface area contributed by atoms with Gasteiger partial charge in [0.1, 0.15) is 6.10 Å².